The maximum Gasteiger partial charge on any atom is 0.432 e. The van der Waals surface area contributed by atoms with E-state index in [0.29, 0.717) is 9.75 Å². The monoisotopic (exact) mass is 357 g/mol. The Balaban J connectivity index is 1.74. The second-order valence-corrected chi connectivity index (χ2v) is 6.97. The Bertz CT molecular complexity index is 699. The van der Waals surface area contributed by atoms with Crippen LogP contribution in [0, 0.1) is 0 Å². The SMILES string of the molecule is O=C(c1ccc(-c2cc(C(F)(F)F)[nH]n2)s1)N1CCCCCCC1. The number of carbonyl (C=O) groups excluding carboxylic acids is 1. The summed E-state index contributed by atoms with van der Waals surface area (Å²) in [6.45, 7) is 1.49. The van der Waals surface area contributed by atoms with Gasteiger partial charge in [-0.05, 0) is 31.0 Å². The maximum absolute atomic E-state index is 12.6. The molecule has 1 fully saturated rings. The molecule has 0 bridgehead atoms. The number of aromatic amines is 1. The van der Waals surface area contributed by atoms with Crippen molar-refractivity contribution in [2.45, 2.75) is 38.3 Å². The first-order chi connectivity index (χ1) is 11.4. The second-order valence-electron chi connectivity index (χ2n) is 5.89. The third-order valence-electron chi connectivity index (χ3n) is 4.10. The van der Waals surface area contributed by atoms with Crippen LogP contribution in [-0.2, 0) is 6.18 Å². The highest BCUT2D eigenvalue weighted by atomic mass is 32.1. The Labute approximate surface area is 141 Å². The zero-order valence-electron chi connectivity index (χ0n) is 13.0. The van der Waals surface area contributed by atoms with E-state index in [4.69, 9.17) is 0 Å². The third-order valence-corrected chi connectivity index (χ3v) is 5.19. The molecule has 24 heavy (non-hydrogen) atoms. The summed E-state index contributed by atoms with van der Waals surface area (Å²) in [5.74, 6) is -0.0419. The first-order valence-corrected chi connectivity index (χ1v) is 8.79. The van der Waals surface area contributed by atoms with Gasteiger partial charge in [0.25, 0.3) is 5.91 Å². The van der Waals surface area contributed by atoms with Gasteiger partial charge in [-0.2, -0.15) is 18.3 Å². The zero-order valence-corrected chi connectivity index (χ0v) is 13.8. The molecule has 0 aromatic carbocycles. The van der Waals surface area contributed by atoms with Crippen molar-refractivity contribution in [3.05, 3.63) is 28.8 Å². The fourth-order valence-corrected chi connectivity index (χ4v) is 3.72. The Morgan fingerprint density at radius 1 is 1.12 bits per heavy atom. The molecule has 1 aliphatic heterocycles. The van der Waals surface area contributed by atoms with E-state index in [1.807, 2.05) is 10.00 Å². The number of rotatable bonds is 2. The van der Waals surface area contributed by atoms with Gasteiger partial charge in [0, 0.05) is 13.1 Å². The lowest BCUT2D eigenvalue weighted by Gasteiger charge is -2.24. The van der Waals surface area contributed by atoms with Gasteiger partial charge in [-0.3, -0.25) is 9.89 Å². The first kappa shape index (κ1) is 17.0. The van der Waals surface area contributed by atoms with E-state index in [-0.39, 0.29) is 11.6 Å². The molecular weight excluding hydrogens is 339 g/mol. The number of likely N-dealkylation sites (tertiary alicyclic amines) is 1. The number of hydrogen-bond donors (Lipinski definition) is 1. The van der Waals surface area contributed by atoms with E-state index < -0.39 is 11.9 Å². The molecule has 0 radical (unpaired) electrons. The molecule has 1 aliphatic rings. The van der Waals surface area contributed by atoms with Crippen LogP contribution < -0.4 is 0 Å². The van der Waals surface area contributed by atoms with Crippen LogP contribution in [0.1, 0.15) is 47.5 Å². The molecule has 0 spiro atoms. The average molecular weight is 357 g/mol. The van der Waals surface area contributed by atoms with Crippen LogP contribution in [0.15, 0.2) is 18.2 Å². The van der Waals surface area contributed by atoms with Crippen molar-refractivity contribution >= 4 is 17.2 Å². The minimum atomic E-state index is -4.45. The summed E-state index contributed by atoms with van der Waals surface area (Å²) in [6.07, 6.45) is 1.02. The number of nitrogens with one attached hydrogen (secondary N) is 1. The first-order valence-electron chi connectivity index (χ1n) is 7.97. The molecule has 1 saturated heterocycles. The third kappa shape index (κ3) is 3.80. The van der Waals surface area contributed by atoms with Gasteiger partial charge in [-0.1, -0.05) is 19.3 Å². The molecule has 0 saturated carbocycles. The zero-order chi connectivity index (χ0) is 17.2. The average Bonchev–Trinajstić information content (AvgIpc) is 3.15. The van der Waals surface area contributed by atoms with Crippen molar-refractivity contribution in [3.63, 3.8) is 0 Å². The molecule has 3 heterocycles. The highest BCUT2D eigenvalue weighted by molar-refractivity contribution is 7.17. The van der Waals surface area contributed by atoms with Gasteiger partial charge < -0.3 is 4.90 Å². The van der Waals surface area contributed by atoms with Crippen molar-refractivity contribution in [1.29, 1.82) is 0 Å². The van der Waals surface area contributed by atoms with E-state index in [1.165, 1.54) is 17.8 Å². The fraction of sp³-hybridized carbons (Fsp3) is 0.500. The lowest BCUT2D eigenvalue weighted by Crippen LogP contribution is -2.33. The van der Waals surface area contributed by atoms with Crippen LogP contribution in [-0.4, -0.2) is 34.1 Å². The molecular formula is C16H18F3N3OS. The Morgan fingerprint density at radius 2 is 1.79 bits per heavy atom. The fourth-order valence-electron chi connectivity index (χ4n) is 2.79. The van der Waals surface area contributed by atoms with Gasteiger partial charge in [0.1, 0.15) is 11.4 Å². The van der Waals surface area contributed by atoms with Gasteiger partial charge in [0.05, 0.1) is 9.75 Å². The largest absolute Gasteiger partial charge is 0.432 e. The molecule has 2 aromatic heterocycles. The number of H-pyrrole nitrogens is 1. The van der Waals surface area contributed by atoms with Crippen LogP contribution >= 0.6 is 11.3 Å². The second kappa shape index (κ2) is 6.96. The Morgan fingerprint density at radius 3 is 2.42 bits per heavy atom. The summed E-state index contributed by atoms with van der Waals surface area (Å²) in [5, 5.41) is 5.70. The Hall–Kier alpha value is -1.83. The summed E-state index contributed by atoms with van der Waals surface area (Å²) in [5.41, 5.74) is -0.679. The molecule has 0 aliphatic carbocycles. The minimum absolute atomic E-state index is 0.0419. The van der Waals surface area contributed by atoms with E-state index in [1.54, 1.807) is 12.1 Å². The van der Waals surface area contributed by atoms with Gasteiger partial charge in [0.2, 0.25) is 0 Å². The van der Waals surface area contributed by atoms with Crippen molar-refractivity contribution in [2.24, 2.45) is 0 Å². The molecule has 130 valence electrons. The summed E-state index contributed by atoms with van der Waals surface area (Å²) >= 11 is 1.18. The van der Waals surface area contributed by atoms with Gasteiger partial charge in [-0.25, -0.2) is 0 Å². The number of carbonyl (C=O) groups is 1. The lowest BCUT2D eigenvalue weighted by atomic mass is 10.1. The van der Waals surface area contributed by atoms with Gasteiger partial charge in [0.15, 0.2) is 0 Å². The van der Waals surface area contributed by atoms with E-state index >= 15 is 0 Å². The predicted molar refractivity (Wildman–Crippen MR) is 85.9 cm³/mol. The highest BCUT2D eigenvalue weighted by Gasteiger charge is 2.33. The summed E-state index contributed by atoms with van der Waals surface area (Å²) < 4.78 is 37.9. The van der Waals surface area contributed by atoms with E-state index in [0.717, 1.165) is 44.8 Å². The number of aromatic nitrogens is 2. The maximum atomic E-state index is 12.6. The van der Waals surface area contributed by atoms with Crippen LogP contribution in [0.3, 0.4) is 0 Å². The molecule has 1 amide bonds. The Kier molecular flexibility index (Phi) is 4.93. The highest BCUT2D eigenvalue weighted by Crippen LogP contribution is 2.33. The molecule has 3 rings (SSSR count). The molecule has 1 N–H and O–H groups in total. The van der Waals surface area contributed by atoms with Crippen molar-refractivity contribution in [3.8, 4) is 10.6 Å². The van der Waals surface area contributed by atoms with Crippen LogP contribution in [0.5, 0.6) is 0 Å². The van der Waals surface area contributed by atoms with Crippen LogP contribution in [0.25, 0.3) is 10.6 Å². The van der Waals surface area contributed by atoms with Crippen molar-refractivity contribution in [2.75, 3.05) is 13.1 Å². The van der Waals surface area contributed by atoms with E-state index in [9.17, 15) is 18.0 Å². The number of nitrogens with zero attached hydrogens (tertiary/aromatic N) is 2. The number of amides is 1. The number of hydrogen-bond acceptors (Lipinski definition) is 3. The van der Waals surface area contributed by atoms with Gasteiger partial charge >= 0.3 is 6.18 Å². The summed E-state index contributed by atoms with van der Waals surface area (Å²) in [4.78, 5) is 15.5. The molecule has 4 nitrogen and oxygen atoms in total. The minimum Gasteiger partial charge on any atom is -0.338 e. The normalized spacial score (nSPS) is 16.7. The molecule has 0 atom stereocenters. The number of alkyl halides is 3. The molecule has 2 aromatic rings. The standard InChI is InChI=1S/C16H18F3N3OS/c17-16(18,19)14-10-11(20-21-14)12-6-7-13(24-12)15(23)22-8-4-2-1-3-5-9-22/h6-7,10H,1-5,8-9H2,(H,20,21). The summed E-state index contributed by atoms with van der Waals surface area (Å²) in [6, 6.07) is 4.29. The van der Waals surface area contributed by atoms with Crippen LogP contribution in [0.2, 0.25) is 0 Å². The van der Waals surface area contributed by atoms with Crippen molar-refractivity contribution < 1.29 is 18.0 Å². The van der Waals surface area contributed by atoms with Crippen molar-refractivity contribution in [1.82, 2.24) is 15.1 Å². The number of thiophene rings is 1. The lowest BCUT2D eigenvalue weighted by molar-refractivity contribution is -0.141. The predicted octanol–water partition coefficient (Wildman–Crippen LogP) is 4.56. The smallest absolute Gasteiger partial charge is 0.338 e. The van der Waals surface area contributed by atoms with E-state index in [2.05, 4.69) is 5.10 Å². The van der Waals surface area contributed by atoms with Crippen LogP contribution in [0.4, 0.5) is 13.2 Å². The molecule has 0 unspecified atom stereocenters. The molecule has 8 heteroatoms. The number of halogens is 3. The van der Waals surface area contributed by atoms with Gasteiger partial charge in [-0.15, -0.1) is 11.3 Å². The topological polar surface area (TPSA) is 49.0 Å². The summed E-state index contributed by atoms with van der Waals surface area (Å²) in [7, 11) is 0. The quantitative estimate of drug-likeness (QED) is 0.856.